The average molecular weight is 230 g/mol. The Balaban J connectivity index is 2.08. The molecule has 1 aromatic carbocycles. The van der Waals surface area contributed by atoms with Crippen molar-refractivity contribution >= 4 is 17.0 Å². The van der Waals surface area contributed by atoms with E-state index in [-0.39, 0.29) is 0 Å². The summed E-state index contributed by atoms with van der Waals surface area (Å²) in [5.74, 6) is 0.616. The molecule has 0 radical (unpaired) electrons. The van der Waals surface area contributed by atoms with Crippen LogP contribution in [0.25, 0.3) is 0 Å². The van der Waals surface area contributed by atoms with Crippen molar-refractivity contribution in [3.8, 4) is 11.8 Å². The van der Waals surface area contributed by atoms with Crippen molar-refractivity contribution in [2.75, 3.05) is 5.73 Å². The molecule has 0 aliphatic carbocycles. The van der Waals surface area contributed by atoms with Crippen LogP contribution in [0.5, 0.6) is 5.75 Å². The van der Waals surface area contributed by atoms with Crippen LogP contribution in [0.2, 0.25) is 0 Å². The summed E-state index contributed by atoms with van der Waals surface area (Å²) in [6.45, 7) is 0.500. The van der Waals surface area contributed by atoms with E-state index >= 15 is 0 Å². The monoisotopic (exact) mass is 230 g/mol. The number of benzene rings is 1. The van der Waals surface area contributed by atoms with Gasteiger partial charge < -0.3 is 10.5 Å². The van der Waals surface area contributed by atoms with Crippen molar-refractivity contribution in [2.24, 2.45) is 0 Å². The third-order valence-electron chi connectivity index (χ3n) is 2.11. The lowest BCUT2D eigenvalue weighted by molar-refractivity contribution is 0.308. The van der Waals surface area contributed by atoms with E-state index in [2.05, 4.69) is 0 Å². The van der Waals surface area contributed by atoms with Crippen molar-refractivity contribution in [1.82, 2.24) is 0 Å². The first-order chi connectivity index (χ1) is 7.79. The van der Waals surface area contributed by atoms with E-state index in [4.69, 9.17) is 15.7 Å². The van der Waals surface area contributed by atoms with Gasteiger partial charge in [-0.1, -0.05) is 0 Å². The zero-order valence-corrected chi connectivity index (χ0v) is 9.33. The highest BCUT2D eigenvalue weighted by atomic mass is 32.1. The second-order valence-corrected chi connectivity index (χ2v) is 4.06. The number of thiophene rings is 1. The number of hydrogen-bond acceptors (Lipinski definition) is 4. The maximum atomic E-state index is 8.69. The number of hydrogen-bond donors (Lipinski definition) is 1. The van der Waals surface area contributed by atoms with Gasteiger partial charge in [0.15, 0.2) is 0 Å². The van der Waals surface area contributed by atoms with Crippen LogP contribution < -0.4 is 10.5 Å². The molecule has 2 aromatic rings. The summed E-state index contributed by atoms with van der Waals surface area (Å²) >= 11 is 1.63. The third-order valence-corrected chi connectivity index (χ3v) is 2.85. The number of anilines is 1. The van der Waals surface area contributed by atoms with Gasteiger partial charge >= 0.3 is 0 Å². The van der Waals surface area contributed by atoms with Crippen LogP contribution >= 0.6 is 11.3 Å². The maximum absolute atomic E-state index is 8.69. The molecule has 0 aliphatic heterocycles. The molecule has 0 spiro atoms. The molecule has 2 N–H and O–H groups in total. The molecule has 2 rings (SSSR count). The Hall–Kier alpha value is -1.99. The lowest BCUT2D eigenvalue weighted by Crippen LogP contribution is -1.98. The fourth-order valence-corrected chi connectivity index (χ4v) is 1.94. The molecule has 0 fully saturated rings. The lowest BCUT2D eigenvalue weighted by Gasteiger charge is -2.07. The van der Waals surface area contributed by atoms with Crippen LogP contribution in [0, 0.1) is 11.3 Å². The van der Waals surface area contributed by atoms with Gasteiger partial charge in [0.05, 0.1) is 17.3 Å². The third kappa shape index (κ3) is 2.33. The summed E-state index contributed by atoms with van der Waals surface area (Å²) in [5, 5.41) is 12.7. The molecular formula is C12H10N2OS. The van der Waals surface area contributed by atoms with Crippen LogP contribution in [-0.2, 0) is 6.61 Å². The summed E-state index contributed by atoms with van der Waals surface area (Å²) in [7, 11) is 0. The smallest absolute Gasteiger partial charge is 0.142 e. The van der Waals surface area contributed by atoms with Gasteiger partial charge in [0, 0.05) is 0 Å². The predicted octanol–water partition coefficient (Wildman–Crippen LogP) is 2.78. The Bertz CT molecular complexity index is 514. The molecule has 16 heavy (non-hydrogen) atoms. The molecule has 3 nitrogen and oxygen atoms in total. The van der Waals surface area contributed by atoms with E-state index in [1.54, 1.807) is 29.5 Å². The SMILES string of the molecule is N#Cc1ccc(OCc2ccsc2)c(N)c1. The van der Waals surface area contributed by atoms with E-state index in [1.165, 1.54) is 0 Å². The summed E-state index contributed by atoms with van der Waals surface area (Å²) in [6, 6.07) is 9.07. The quantitative estimate of drug-likeness (QED) is 0.825. The lowest BCUT2D eigenvalue weighted by atomic mass is 10.2. The molecule has 1 heterocycles. The van der Waals surface area contributed by atoms with Gasteiger partial charge in [-0.15, -0.1) is 0 Å². The molecule has 0 saturated carbocycles. The van der Waals surface area contributed by atoms with Gasteiger partial charge in [0.1, 0.15) is 12.4 Å². The zero-order valence-electron chi connectivity index (χ0n) is 8.51. The van der Waals surface area contributed by atoms with E-state index in [0.717, 1.165) is 5.56 Å². The van der Waals surface area contributed by atoms with Crippen molar-refractivity contribution in [1.29, 1.82) is 5.26 Å². The van der Waals surface area contributed by atoms with Gasteiger partial charge in [-0.05, 0) is 40.6 Å². The van der Waals surface area contributed by atoms with E-state index in [0.29, 0.717) is 23.6 Å². The first kappa shape index (κ1) is 10.5. The summed E-state index contributed by atoms with van der Waals surface area (Å²) in [4.78, 5) is 0. The molecule has 0 atom stereocenters. The van der Waals surface area contributed by atoms with Gasteiger partial charge in [-0.2, -0.15) is 16.6 Å². The highest BCUT2D eigenvalue weighted by molar-refractivity contribution is 7.07. The maximum Gasteiger partial charge on any atom is 0.142 e. The fraction of sp³-hybridized carbons (Fsp3) is 0.0833. The Morgan fingerprint density at radius 1 is 1.38 bits per heavy atom. The van der Waals surface area contributed by atoms with Gasteiger partial charge in [-0.25, -0.2) is 0 Å². The normalized spacial score (nSPS) is 9.69. The molecule has 4 heteroatoms. The fourth-order valence-electron chi connectivity index (χ4n) is 1.29. The number of nitrogens with zero attached hydrogens (tertiary/aromatic N) is 1. The average Bonchev–Trinajstić information content (AvgIpc) is 2.80. The number of ether oxygens (including phenoxy) is 1. The van der Waals surface area contributed by atoms with E-state index < -0.39 is 0 Å². The molecular weight excluding hydrogens is 220 g/mol. The van der Waals surface area contributed by atoms with Gasteiger partial charge in [0.25, 0.3) is 0 Å². The number of nitrogen functional groups attached to an aromatic ring is 1. The van der Waals surface area contributed by atoms with Crippen LogP contribution in [0.3, 0.4) is 0 Å². The van der Waals surface area contributed by atoms with Gasteiger partial charge in [-0.3, -0.25) is 0 Å². The molecule has 0 amide bonds. The molecule has 0 saturated heterocycles. The molecule has 0 aliphatic rings. The van der Waals surface area contributed by atoms with E-state index in [1.807, 2.05) is 22.9 Å². The van der Waals surface area contributed by atoms with Crippen molar-refractivity contribution in [3.63, 3.8) is 0 Å². The second kappa shape index (κ2) is 4.69. The first-order valence-corrected chi connectivity index (χ1v) is 5.67. The minimum atomic E-state index is 0.495. The van der Waals surface area contributed by atoms with Crippen LogP contribution in [0.4, 0.5) is 5.69 Å². The Kier molecular flexibility index (Phi) is 3.08. The summed E-state index contributed by atoms with van der Waals surface area (Å²) in [6.07, 6.45) is 0. The van der Waals surface area contributed by atoms with Crippen LogP contribution in [-0.4, -0.2) is 0 Å². The number of rotatable bonds is 3. The standard InChI is InChI=1S/C12H10N2OS/c13-6-9-1-2-12(11(14)5-9)15-7-10-3-4-16-8-10/h1-5,8H,7,14H2. The topological polar surface area (TPSA) is 59.0 Å². The molecule has 0 bridgehead atoms. The van der Waals surface area contributed by atoms with Crippen molar-refractivity contribution in [2.45, 2.75) is 6.61 Å². The Morgan fingerprint density at radius 3 is 2.88 bits per heavy atom. The number of nitriles is 1. The molecule has 80 valence electrons. The highest BCUT2D eigenvalue weighted by Crippen LogP contribution is 2.23. The highest BCUT2D eigenvalue weighted by Gasteiger charge is 2.02. The first-order valence-electron chi connectivity index (χ1n) is 4.73. The Labute approximate surface area is 97.7 Å². The largest absolute Gasteiger partial charge is 0.487 e. The molecule has 0 unspecified atom stereocenters. The predicted molar refractivity (Wildman–Crippen MR) is 64.2 cm³/mol. The molecule has 1 aromatic heterocycles. The minimum Gasteiger partial charge on any atom is -0.487 e. The van der Waals surface area contributed by atoms with Crippen LogP contribution in [0.1, 0.15) is 11.1 Å². The summed E-state index contributed by atoms with van der Waals surface area (Å²) < 4.78 is 5.55. The van der Waals surface area contributed by atoms with Crippen LogP contribution in [0.15, 0.2) is 35.0 Å². The number of nitrogens with two attached hydrogens (primary N) is 1. The van der Waals surface area contributed by atoms with E-state index in [9.17, 15) is 0 Å². The summed E-state index contributed by atoms with van der Waals surface area (Å²) in [5.41, 5.74) is 7.92. The van der Waals surface area contributed by atoms with Crippen molar-refractivity contribution < 1.29 is 4.74 Å². The van der Waals surface area contributed by atoms with Gasteiger partial charge in [0.2, 0.25) is 0 Å². The zero-order chi connectivity index (χ0) is 11.4. The minimum absolute atomic E-state index is 0.495. The second-order valence-electron chi connectivity index (χ2n) is 3.28. The Morgan fingerprint density at radius 2 is 2.25 bits per heavy atom. The van der Waals surface area contributed by atoms with Crippen molar-refractivity contribution in [3.05, 3.63) is 46.2 Å².